The highest BCUT2D eigenvalue weighted by atomic mass is 16.3. The van der Waals surface area contributed by atoms with Gasteiger partial charge in [0.1, 0.15) is 5.69 Å². The van der Waals surface area contributed by atoms with Gasteiger partial charge in [0.25, 0.3) is 0 Å². The average molecular weight is 293 g/mol. The van der Waals surface area contributed by atoms with Crippen molar-refractivity contribution in [1.29, 1.82) is 0 Å². The lowest BCUT2D eigenvalue weighted by atomic mass is 10.1. The molecule has 1 aromatic heterocycles. The van der Waals surface area contributed by atoms with Crippen LogP contribution in [0.1, 0.15) is 29.4 Å². The Bertz CT molecular complexity index is 750. The molecule has 0 amide bonds. The quantitative estimate of drug-likeness (QED) is 0.787. The molecular formula is C18H19N3O. The third-order valence-electron chi connectivity index (χ3n) is 3.81. The Morgan fingerprint density at radius 1 is 1.00 bits per heavy atom. The maximum absolute atomic E-state index is 9.57. The number of rotatable bonds is 5. The summed E-state index contributed by atoms with van der Waals surface area (Å²) in [6, 6.07) is 18.4. The minimum atomic E-state index is -0.101. The highest BCUT2D eigenvalue weighted by molar-refractivity contribution is 5.42. The van der Waals surface area contributed by atoms with Crippen LogP contribution in [0.15, 0.2) is 54.6 Å². The lowest BCUT2D eigenvalue weighted by Crippen LogP contribution is -2.07. The monoisotopic (exact) mass is 293 g/mol. The molecule has 0 aliphatic rings. The molecule has 112 valence electrons. The molecule has 0 spiro atoms. The fourth-order valence-electron chi connectivity index (χ4n) is 2.63. The van der Waals surface area contributed by atoms with Crippen LogP contribution in [-0.4, -0.2) is 20.1 Å². The number of aryl methyl sites for hydroxylation is 1. The van der Waals surface area contributed by atoms with Crippen molar-refractivity contribution >= 4 is 0 Å². The van der Waals surface area contributed by atoms with E-state index in [0.29, 0.717) is 12.1 Å². The van der Waals surface area contributed by atoms with Crippen LogP contribution in [-0.2, 0) is 19.4 Å². The van der Waals surface area contributed by atoms with Gasteiger partial charge in [0, 0.05) is 6.42 Å². The molecule has 3 aromatic rings. The van der Waals surface area contributed by atoms with Gasteiger partial charge in [-0.25, -0.2) is 4.68 Å². The summed E-state index contributed by atoms with van der Waals surface area (Å²) < 4.78 is 1.86. The number of aliphatic hydroxyl groups is 1. The van der Waals surface area contributed by atoms with Gasteiger partial charge in [0.05, 0.1) is 18.0 Å². The van der Waals surface area contributed by atoms with Gasteiger partial charge in [-0.05, 0) is 23.6 Å². The summed E-state index contributed by atoms with van der Waals surface area (Å²) >= 11 is 0. The number of para-hydroxylation sites is 1. The average Bonchev–Trinajstić information content (AvgIpc) is 2.98. The Kier molecular flexibility index (Phi) is 4.30. The van der Waals surface area contributed by atoms with Crippen molar-refractivity contribution in [2.45, 2.75) is 26.4 Å². The van der Waals surface area contributed by atoms with Crippen LogP contribution in [0.4, 0.5) is 0 Å². The van der Waals surface area contributed by atoms with Crippen LogP contribution >= 0.6 is 0 Å². The molecule has 0 fully saturated rings. The zero-order valence-corrected chi connectivity index (χ0v) is 12.6. The van der Waals surface area contributed by atoms with Crippen molar-refractivity contribution < 1.29 is 5.11 Å². The highest BCUT2D eigenvalue weighted by Crippen LogP contribution is 2.20. The van der Waals surface area contributed by atoms with E-state index in [0.717, 1.165) is 17.8 Å². The molecule has 2 aromatic carbocycles. The molecule has 0 unspecified atom stereocenters. The first-order valence-corrected chi connectivity index (χ1v) is 7.50. The molecule has 0 aliphatic carbocycles. The highest BCUT2D eigenvalue weighted by Gasteiger charge is 2.15. The Hall–Kier alpha value is -2.46. The second kappa shape index (κ2) is 6.54. The predicted octanol–water partition coefficient (Wildman–Crippen LogP) is 2.91. The topological polar surface area (TPSA) is 50.9 Å². The van der Waals surface area contributed by atoms with Gasteiger partial charge in [-0.3, -0.25) is 0 Å². The third kappa shape index (κ3) is 2.78. The van der Waals surface area contributed by atoms with E-state index in [1.54, 1.807) is 0 Å². The Morgan fingerprint density at radius 2 is 1.73 bits per heavy atom. The number of aromatic nitrogens is 3. The molecule has 0 atom stereocenters. The molecule has 4 nitrogen and oxygen atoms in total. The van der Waals surface area contributed by atoms with Gasteiger partial charge >= 0.3 is 0 Å². The summed E-state index contributed by atoms with van der Waals surface area (Å²) in [6.07, 6.45) is 1.62. The molecular weight excluding hydrogens is 274 g/mol. The van der Waals surface area contributed by atoms with Crippen LogP contribution in [0, 0.1) is 0 Å². The fraction of sp³-hybridized carbons (Fsp3) is 0.222. The van der Waals surface area contributed by atoms with Crippen LogP contribution in [0.5, 0.6) is 0 Å². The lowest BCUT2D eigenvalue weighted by molar-refractivity contribution is 0.275. The molecule has 0 saturated carbocycles. The van der Waals surface area contributed by atoms with Gasteiger partial charge in [0.15, 0.2) is 0 Å². The van der Waals surface area contributed by atoms with Crippen LogP contribution in [0.25, 0.3) is 5.69 Å². The van der Waals surface area contributed by atoms with Gasteiger partial charge in [-0.2, -0.15) is 0 Å². The first kappa shape index (κ1) is 14.5. The minimum absolute atomic E-state index is 0.101. The number of aliphatic hydroxyl groups excluding tert-OH is 1. The van der Waals surface area contributed by atoms with E-state index in [-0.39, 0.29) is 6.61 Å². The molecule has 3 rings (SSSR count). The zero-order chi connectivity index (χ0) is 15.4. The Balaban J connectivity index is 2.07. The minimum Gasteiger partial charge on any atom is -0.390 e. The molecule has 1 heterocycles. The van der Waals surface area contributed by atoms with Crippen LogP contribution < -0.4 is 0 Å². The SMILES string of the molecule is CCc1ccccc1-n1nnc(CO)c1Cc1ccccc1. The number of hydrogen-bond donors (Lipinski definition) is 1. The normalized spacial score (nSPS) is 10.8. The van der Waals surface area contributed by atoms with Crippen molar-refractivity contribution in [2.75, 3.05) is 0 Å². The molecule has 22 heavy (non-hydrogen) atoms. The molecule has 0 saturated heterocycles. The number of benzene rings is 2. The first-order chi connectivity index (χ1) is 10.8. The van der Waals surface area contributed by atoms with Crippen molar-refractivity contribution in [3.8, 4) is 5.69 Å². The van der Waals surface area contributed by atoms with Gasteiger partial charge < -0.3 is 5.11 Å². The second-order valence-corrected chi connectivity index (χ2v) is 5.20. The van der Waals surface area contributed by atoms with Gasteiger partial charge in [-0.1, -0.05) is 60.7 Å². The van der Waals surface area contributed by atoms with E-state index in [1.807, 2.05) is 41.1 Å². The van der Waals surface area contributed by atoms with Crippen LogP contribution in [0.3, 0.4) is 0 Å². The smallest absolute Gasteiger partial charge is 0.112 e. The Labute approximate surface area is 130 Å². The summed E-state index contributed by atoms with van der Waals surface area (Å²) in [6.45, 7) is 2.02. The van der Waals surface area contributed by atoms with Crippen molar-refractivity contribution in [3.05, 3.63) is 77.1 Å². The summed E-state index contributed by atoms with van der Waals surface area (Å²) in [5.74, 6) is 0. The zero-order valence-electron chi connectivity index (χ0n) is 12.6. The maximum Gasteiger partial charge on any atom is 0.112 e. The van der Waals surface area contributed by atoms with Crippen molar-refractivity contribution in [2.24, 2.45) is 0 Å². The van der Waals surface area contributed by atoms with E-state index in [1.165, 1.54) is 11.1 Å². The van der Waals surface area contributed by atoms with Crippen LogP contribution in [0.2, 0.25) is 0 Å². The molecule has 1 N–H and O–H groups in total. The molecule has 4 heteroatoms. The number of nitrogens with zero attached hydrogens (tertiary/aromatic N) is 3. The predicted molar refractivity (Wildman–Crippen MR) is 85.9 cm³/mol. The van der Waals surface area contributed by atoms with E-state index < -0.39 is 0 Å². The standard InChI is InChI=1S/C18H19N3O/c1-2-15-10-6-7-11-17(15)21-18(16(13-22)19-20-21)12-14-8-4-3-5-9-14/h3-11,22H,2,12-13H2,1H3. The van der Waals surface area contributed by atoms with Gasteiger partial charge in [-0.15, -0.1) is 5.10 Å². The van der Waals surface area contributed by atoms with E-state index in [4.69, 9.17) is 0 Å². The Morgan fingerprint density at radius 3 is 2.45 bits per heavy atom. The maximum atomic E-state index is 9.57. The number of hydrogen-bond acceptors (Lipinski definition) is 3. The summed E-state index contributed by atoms with van der Waals surface area (Å²) in [4.78, 5) is 0. The summed E-state index contributed by atoms with van der Waals surface area (Å²) in [5.41, 5.74) is 4.99. The van der Waals surface area contributed by atoms with E-state index in [9.17, 15) is 5.11 Å². The van der Waals surface area contributed by atoms with Crippen molar-refractivity contribution in [1.82, 2.24) is 15.0 Å². The van der Waals surface area contributed by atoms with E-state index >= 15 is 0 Å². The van der Waals surface area contributed by atoms with Gasteiger partial charge in [0.2, 0.25) is 0 Å². The molecule has 0 radical (unpaired) electrons. The largest absolute Gasteiger partial charge is 0.390 e. The summed E-state index contributed by atoms with van der Waals surface area (Å²) in [5, 5.41) is 18.0. The summed E-state index contributed by atoms with van der Waals surface area (Å²) in [7, 11) is 0. The molecule has 0 bridgehead atoms. The second-order valence-electron chi connectivity index (χ2n) is 5.20. The third-order valence-corrected chi connectivity index (χ3v) is 3.81. The fourth-order valence-corrected chi connectivity index (χ4v) is 2.63. The molecule has 0 aliphatic heterocycles. The lowest BCUT2D eigenvalue weighted by Gasteiger charge is -2.11. The first-order valence-electron chi connectivity index (χ1n) is 7.50. The van der Waals surface area contributed by atoms with E-state index in [2.05, 4.69) is 35.4 Å². The van der Waals surface area contributed by atoms with Crippen molar-refractivity contribution in [3.63, 3.8) is 0 Å².